The summed E-state index contributed by atoms with van der Waals surface area (Å²) >= 11 is 0. The van der Waals surface area contributed by atoms with Gasteiger partial charge in [0.2, 0.25) is 12.0 Å². The smallest absolute Gasteiger partial charge is 0.279 e. The fourth-order valence-corrected chi connectivity index (χ4v) is 3.40. The van der Waals surface area contributed by atoms with Crippen LogP contribution in [0.1, 0.15) is 5.56 Å². The van der Waals surface area contributed by atoms with Crippen molar-refractivity contribution in [2.24, 2.45) is 11.1 Å². The maximum atomic E-state index is 13.1. The summed E-state index contributed by atoms with van der Waals surface area (Å²) < 4.78 is 5.15. The minimum absolute atomic E-state index is 0.0638. The van der Waals surface area contributed by atoms with Crippen molar-refractivity contribution >= 4 is 34.6 Å². The van der Waals surface area contributed by atoms with Gasteiger partial charge in [-0.1, -0.05) is 17.3 Å². The molecule has 2 aromatic carbocycles. The van der Waals surface area contributed by atoms with Crippen LogP contribution in [0.5, 0.6) is 5.75 Å². The van der Waals surface area contributed by atoms with Crippen LogP contribution in [0, 0.1) is 26.1 Å². The molecule has 0 unspecified atom stereocenters. The minimum Gasteiger partial charge on any atom is -0.495 e. The third-order valence-electron chi connectivity index (χ3n) is 4.78. The summed E-state index contributed by atoms with van der Waals surface area (Å²) in [6.07, 6.45) is -1.28. The molecule has 0 saturated carbocycles. The number of rotatable bonds is 5. The molecule has 1 fully saturated rings. The van der Waals surface area contributed by atoms with Gasteiger partial charge in [-0.15, -0.1) is 0 Å². The first kappa shape index (κ1) is 19.0. The first-order valence-electron chi connectivity index (χ1n) is 8.52. The van der Waals surface area contributed by atoms with E-state index in [2.05, 4.69) is 5.16 Å². The maximum Gasteiger partial charge on any atom is 0.279 e. The summed E-state index contributed by atoms with van der Waals surface area (Å²) in [4.78, 5) is 52.8. The molecule has 2 aliphatic rings. The average molecular weight is 412 g/mol. The molecule has 0 aliphatic carbocycles. The van der Waals surface area contributed by atoms with Gasteiger partial charge >= 0.3 is 0 Å². The zero-order valence-electron chi connectivity index (χ0n) is 15.3. The number of carbonyl (C=O) groups excluding carboxylic acids is 2. The number of carbonyl (C=O) groups is 2. The van der Waals surface area contributed by atoms with E-state index in [0.717, 1.165) is 11.0 Å². The Balaban J connectivity index is 1.75. The van der Waals surface area contributed by atoms with Crippen LogP contribution < -0.4 is 9.64 Å². The van der Waals surface area contributed by atoms with Gasteiger partial charge in [0.25, 0.3) is 17.3 Å². The van der Waals surface area contributed by atoms with Crippen LogP contribution in [0.2, 0.25) is 0 Å². The highest BCUT2D eigenvalue weighted by Gasteiger charge is 2.57. The lowest BCUT2D eigenvalue weighted by Crippen LogP contribution is -2.33. The van der Waals surface area contributed by atoms with E-state index in [1.165, 1.54) is 43.5 Å². The predicted octanol–water partition coefficient (Wildman–Crippen LogP) is 1.80. The second-order valence-electron chi connectivity index (χ2n) is 6.41. The third-order valence-corrected chi connectivity index (χ3v) is 4.78. The molecule has 152 valence electrons. The lowest BCUT2D eigenvalue weighted by molar-refractivity contribution is -0.385. The highest BCUT2D eigenvalue weighted by molar-refractivity contribution is 6.33. The lowest BCUT2D eigenvalue weighted by atomic mass is 9.94. The zero-order chi connectivity index (χ0) is 21.6. The number of benzene rings is 2. The Bertz CT molecular complexity index is 1140. The van der Waals surface area contributed by atoms with E-state index in [-0.39, 0.29) is 34.1 Å². The SMILES string of the molecule is COc1ccc([N+](=O)[O-])cc1N1C(=O)[C@H]2C(c3cccc([N+](=O)[O-])c3)=NO[C@@H]2C1=O. The van der Waals surface area contributed by atoms with Gasteiger partial charge < -0.3 is 9.57 Å². The van der Waals surface area contributed by atoms with E-state index in [1.54, 1.807) is 0 Å². The molecular weight excluding hydrogens is 400 g/mol. The molecule has 0 spiro atoms. The number of methoxy groups -OCH3 is 1. The van der Waals surface area contributed by atoms with Gasteiger partial charge in [0.1, 0.15) is 23.1 Å². The fraction of sp³-hybridized carbons (Fsp3) is 0.167. The number of nitro groups is 2. The van der Waals surface area contributed by atoms with Gasteiger partial charge in [0.15, 0.2) is 0 Å². The number of amides is 2. The van der Waals surface area contributed by atoms with Gasteiger partial charge in [-0.05, 0) is 6.07 Å². The van der Waals surface area contributed by atoms with Crippen molar-refractivity contribution in [2.75, 3.05) is 12.0 Å². The number of hydrogen-bond donors (Lipinski definition) is 0. The normalized spacial score (nSPS) is 19.9. The van der Waals surface area contributed by atoms with Gasteiger partial charge in [0.05, 0.1) is 17.0 Å². The molecule has 12 nitrogen and oxygen atoms in total. The molecule has 2 aliphatic heterocycles. The second kappa shape index (κ2) is 6.92. The Kier molecular flexibility index (Phi) is 4.38. The van der Waals surface area contributed by atoms with Gasteiger partial charge in [0, 0.05) is 29.8 Å². The van der Waals surface area contributed by atoms with E-state index in [9.17, 15) is 29.8 Å². The number of nitrogens with zero attached hydrogens (tertiary/aromatic N) is 4. The van der Waals surface area contributed by atoms with Crippen LogP contribution in [-0.2, 0) is 14.4 Å². The van der Waals surface area contributed by atoms with Crippen molar-refractivity contribution in [2.45, 2.75) is 6.10 Å². The summed E-state index contributed by atoms with van der Waals surface area (Å²) in [5.41, 5.74) is -0.331. The van der Waals surface area contributed by atoms with Crippen LogP contribution in [0.25, 0.3) is 0 Å². The van der Waals surface area contributed by atoms with Crippen molar-refractivity contribution in [1.82, 2.24) is 0 Å². The Morgan fingerprint density at radius 1 is 1.03 bits per heavy atom. The molecule has 12 heteroatoms. The Morgan fingerprint density at radius 3 is 2.40 bits per heavy atom. The fourth-order valence-electron chi connectivity index (χ4n) is 3.40. The van der Waals surface area contributed by atoms with Gasteiger partial charge in [-0.2, -0.15) is 0 Å². The van der Waals surface area contributed by atoms with E-state index in [4.69, 9.17) is 9.57 Å². The first-order chi connectivity index (χ1) is 14.3. The number of oxime groups is 1. The highest BCUT2D eigenvalue weighted by atomic mass is 16.7. The summed E-state index contributed by atoms with van der Waals surface area (Å²) in [7, 11) is 1.29. The van der Waals surface area contributed by atoms with Crippen molar-refractivity contribution < 1.29 is 29.0 Å². The highest BCUT2D eigenvalue weighted by Crippen LogP contribution is 2.40. The van der Waals surface area contributed by atoms with E-state index < -0.39 is 33.7 Å². The largest absolute Gasteiger partial charge is 0.495 e. The molecular formula is C18H12N4O8. The first-order valence-corrected chi connectivity index (χ1v) is 8.52. The second-order valence-corrected chi connectivity index (χ2v) is 6.41. The molecule has 2 atom stereocenters. The number of nitro benzene ring substituents is 2. The molecule has 0 bridgehead atoms. The maximum absolute atomic E-state index is 13.1. The molecule has 2 amide bonds. The van der Waals surface area contributed by atoms with Crippen LogP contribution in [0.15, 0.2) is 47.6 Å². The quantitative estimate of drug-likeness (QED) is 0.409. The molecule has 0 radical (unpaired) electrons. The number of non-ortho nitro benzene ring substituents is 2. The van der Waals surface area contributed by atoms with Gasteiger partial charge in [-0.3, -0.25) is 29.8 Å². The van der Waals surface area contributed by atoms with Crippen molar-refractivity contribution in [3.8, 4) is 5.75 Å². The van der Waals surface area contributed by atoms with E-state index >= 15 is 0 Å². The zero-order valence-corrected chi connectivity index (χ0v) is 15.3. The Morgan fingerprint density at radius 2 is 1.73 bits per heavy atom. The molecule has 0 N–H and O–H groups in total. The van der Waals surface area contributed by atoms with Crippen molar-refractivity contribution in [3.63, 3.8) is 0 Å². The summed E-state index contributed by atoms with van der Waals surface area (Å²) in [6.45, 7) is 0. The van der Waals surface area contributed by atoms with Crippen molar-refractivity contribution in [1.29, 1.82) is 0 Å². The molecule has 1 saturated heterocycles. The summed E-state index contributed by atoms with van der Waals surface area (Å²) in [5.74, 6) is -2.57. The molecule has 4 rings (SSSR count). The van der Waals surface area contributed by atoms with E-state index in [1.807, 2.05) is 0 Å². The lowest BCUT2D eigenvalue weighted by Gasteiger charge is -2.18. The number of hydrogen-bond acceptors (Lipinski definition) is 9. The minimum atomic E-state index is -1.28. The number of ether oxygens (including phenoxy) is 1. The Labute approximate surface area is 167 Å². The standard InChI is InChI=1S/C18H12N4O8/c1-29-13-6-5-11(22(27)28)8-12(13)20-17(23)14-15(19-30-16(14)18(20)24)9-3-2-4-10(7-9)21(25)26/h2-8,14,16H,1H3/t14-,16-/m0/s1. The molecule has 2 heterocycles. The number of imide groups is 1. The average Bonchev–Trinajstić information content (AvgIpc) is 3.28. The van der Waals surface area contributed by atoms with Crippen LogP contribution in [0.4, 0.5) is 17.1 Å². The third kappa shape index (κ3) is 2.82. The topological polar surface area (TPSA) is 154 Å². The molecule has 0 aromatic heterocycles. The van der Waals surface area contributed by atoms with Crippen LogP contribution >= 0.6 is 0 Å². The number of fused-ring (bicyclic) bond motifs is 1. The number of anilines is 1. The van der Waals surface area contributed by atoms with Crippen LogP contribution in [0.3, 0.4) is 0 Å². The van der Waals surface area contributed by atoms with Crippen LogP contribution in [-0.4, -0.2) is 40.6 Å². The van der Waals surface area contributed by atoms with E-state index in [0.29, 0.717) is 0 Å². The monoisotopic (exact) mass is 412 g/mol. The predicted molar refractivity (Wildman–Crippen MR) is 100 cm³/mol. The van der Waals surface area contributed by atoms with Crippen molar-refractivity contribution in [3.05, 3.63) is 68.3 Å². The summed E-state index contributed by atoms with van der Waals surface area (Å²) in [5, 5.41) is 26.0. The van der Waals surface area contributed by atoms with Gasteiger partial charge in [-0.25, -0.2) is 4.90 Å². The Hall–Kier alpha value is -4.35. The summed E-state index contributed by atoms with van der Waals surface area (Å²) in [6, 6.07) is 8.94. The molecule has 2 aromatic rings. The molecule has 30 heavy (non-hydrogen) atoms.